The first-order valence-corrected chi connectivity index (χ1v) is 20.5. The molecule has 5 N–H and O–H groups in total. The van der Waals surface area contributed by atoms with Crippen molar-refractivity contribution in [3.8, 4) is 17.9 Å². The van der Waals surface area contributed by atoms with E-state index in [1.807, 2.05) is 0 Å². The summed E-state index contributed by atoms with van der Waals surface area (Å²) in [4.78, 5) is 14.5. The van der Waals surface area contributed by atoms with E-state index in [2.05, 4.69) is 28.8 Å². The molecule has 0 radical (unpaired) electrons. The van der Waals surface area contributed by atoms with E-state index in [1.54, 1.807) is 31.2 Å². The highest BCUT2D eigenvalue weighted by Crippen LogP contribution is 2.46. The minimum atomic E-state index is -4.72. The number of nitrogens with two attached hydrogens (primary N) is 1. The van der Waals surface area contributed by atoms with Gasteiger partial charge in [-0.3, -0.25) is 9.05 Å². The number of nitriles is 1. The molecule has 0 amide bonds. The van der Waals surface area contributed by atoms with Gasteiger partial charge in [-0.1, -0.05) is 83.6 Å². The molecule has 13 nitrogen and oxygen atoms in total. The zero-order chi connectivity index (χ0) is 39.0. The number of phosphoric acid groups is 1. The van der Waals surface area contributed by atoms with Gasteiger partial charge in [-0.2, -0.15) is 10.4 Å². The van der Waals surface area contributed by atoms with Crippen molar-refractivity contribution in [2.45, 2.75) is 140 Å². The SMILES string of the molecule is CCCCCCCCCCCCCCC#CC[C@H](COP(=O)(O)OC[C@H]1O[C@@](C)(c2ccc3c(N)ncnn23)[C@H](O)[C@@H]1O)OCc1ccc(C#N)c(F)c1. The van der Waals surface area contributed by atoms with Crippen molar-refractivity contribution >= 4 is 19.2 Å². The predicted molar refractivity (Wildman–Crippen MR) is 201 cm³/mol. The molecule has 54 heavy (non-hydrogen) atoms. The standard InChI is InChI=1S/C39H55FN5O8P/c1-3-4-5-6-7-8-9-10-11-12-13-14-15-16-17-18-31(50-25-29-19-20-30(24-41)32(40)23-29)26-51-54(48,49)52-27-34-36(46)37(47)39(2,53-34)35-22-21-33-38(42)43-28-44-45(33)35/h19-23,28,31,34,36-37,46-47H,3-15,18,25-27H2,1-2H3,(H,48,49)(H2,42,43,44)/t31-,34-,36-,37-,39+/m1/s1. The summed E-state index contributed by atoms with van der Waals surface area (Å²) in [5.74, 6) is 5.75. The normalized spacial score (nSPS) is 21.4. The third-order valence-corrected chi connectivity index (χ3v) is 10.7. The number of hydrogen-bond acceptors (Lipinski definition) is 11. The smallest absolute Gasteiger partial charge is 0.387 e. The van der Waals surface area contributed by atoms with Gasteiger partial charge in [0.15, 0.2) is 5.82 Å². The van der Waals surface area contributed by atoms with Crippen LogP contribution in [0.2, 0.25) is 0 Å². The number of halogens is 1. The molecule has 1 aromatic carbocycles. The van der Waals surface area contributed by atoms with Crippen molar-refractivity contribution in [2.24, 2.45) is 0 Å². The third kappa shape index (κ3) is 12.6. The van der Waals surface area contributed by atoms with Crippen LogP contribution in [0.5, 0.6) is 0 Å². The monoisotopic (exact) mass is 771 g/mol. The molecule has 0 bridgehead atoms. The molecule has 6 atom stereocenters. The zero-order valence-corrected chi connectivity index (χ0v) is 32.3. The maximum Gasteiger partial charge on any atom is 0.472 e. The van der Waals surface area contributed by atoms with E-state index >= 15 is 0 Å². The maximum absolute atomic E-state index is 14.2. The summed E-state index contributed by atoms with van der Waals surface area (Å²) in [6.07, 6.45) is 12.2. The number of aliphatic hydroxyl groups excluding tert-OH is 2. The fraction of sp³-hybridized carbons (Fsp3) is 0.615. The maximum atomic E-state index is 14.2. The molecule has 1 saturated heterocycles. The number of anilines is 1. The van der Waals surface area contributed by atoms with E-state index in [4.69, 9.17) is 29.5 Å². The molecule has 2 aromatic heterocycles. The molecule has 3 aromatic rings. The van der Waals surface area contributed by atoms with Crippen LogP contribution < -0.4 is 5.73 Å². The Labute approximate surface area is 317 Å². The minimum absolute atomic E-state index is 0.0583. The second-order valence-corrected chi connectivity index (χ2v) is 15.4. The van der Waals surface area contributed by atoms with Gasteiger partial charge in [-0.15, -0.1) is 11.8 Å². The van der Waals surface area contributed by atoms with Crippen LogP contribution in [-0.4, -0.2) is 67.3 Å². The average molecular weight is 772 g/mol. The molecule has 1 aliphatic rings. The van der Waals surface area contributed by atoms with E-state index in [1.165, 1.54) is 87.2 Å². The van der Waals surface area contributed by atoms with Gasteiger partial charge in [0.05, 0.1) is 37.2 Å². The van der Waals surface area contributed by atoms with Gasteiger partial charge in [-0.05, 0) is 43.2 Å². The van der Waals surface area contributed by atoms with Crippen LogP contribution in [0, 0.1) is 29.0 Å². The van der Waals surface area contributed by atoms with Crippen LogP contribution in [-0.2, 0) is 35.3 Å². The lowest BCUT2D eigenvalue weighted by molar-refractivity contribution is -0.0893. The second kappa shape index (κ2) is 21.6. The van der Waals surface area contributed by atoms with Crippen molar-refractivity contribution in [2.75, 3.05) is 18.9 Å². The molecule has 4 rings (SSSR count). The van der Waals surface area contributed by atoms with Gasteiger partial charge < -0.3 is 30.3 Å². The van der Waals surface area contributed by atoms with Crippen LogP contribution in [0.4, 0.5) is 10.2 Å². The summed E-state index contributed by atoms with van der Waals surface area (Å²) in [5.41, 5.74) is 5.68. The van der Waals surface area contributed by atoms with Gasteiger partial charge >= 0.3 is 7.82 Å². The quantitative estimate of drug-likeness (QED) is 0.0445. The second-order valence-electron chi connectivity index (χ2n) is 14.0. The van der Waals surface area contributed by atoms with Crippen molar-refractivity contribution < 1.29 is 42.6 Å². The lowest BCUT2D eigenvalue weighted by Crippen LogP contribution is -2.39. The average Bonchev–Trinajstić information content (AvgIpc) is 3.70. The number of aliphatic hydroxyl groups is 2. The van der Waals surface area contributed by atoms with E-state index in [-0.39, 0.29) is 31.0 Å². The van der Waals surface area contributed by atoms with Crippen molar-refractivity contribution in [3.63, 3.8) is 0 Å². The topological polar surface area (TPSA) is 195 Å². The number of benzene rings is 1. The molecular formula is C39H55FN5O8P. The van der Waals surface area contributed by atoms with Gasteiger partial charge in [-0.25, -0.2) is 18.5 Å². The van der Waals surface area contributed by atoms with E-state index in [0.717, 1.165) is 12.8 Å². The van der Waals surface area contributed by atoms with Gasteiger partial charge in [0.1, 0.15) is 47.6 Å². The highest BCUT2D eigenvalue weighted by atomic mass is 31.2. The molecule has 1 unspecified atom stereocenters. The largest absolute Gasteiger partial charge is 0.472 e. The lowest BCUT2D eigenvalue weighted by atomic mass is 9.93. The fourth-order valence-electron chi connectivity index (χ4n) is 6.49. The number of rotatable bonds is 23. The first-order chi connectivity index (χ1) is 26.0. The number of nitrogens with zero attached hydrogens (tertiary/aromatic N) is 4. The number of nitrogen functional groups attached to an aromatic ring is 1. The number of ether oxygens (including phenoxy) is 2. The Kier molecular flexibility index (Phi) is 17.3. The first-order valence-electron chi connectivity index (χ1n) is 19.0. The number of fused-ring (bicyclic) bond motifs is 1. The summed E-state index contributed by atoms with van der Waals surface area (Å²) in [6, 6.07) is 9.18. The molecule has 0 saturated carbocycles. The first kappa shape index (κ1) is 43.3. The molecule has 1 fully saturated rings. The number of phosphoric ester groups is 1. The number of aromatic nitrogens is 3. The van der Waals surface area contributed by atoms with E-state index in [0.29, 0.717) is 23.2 Å². The Morgan fingerprint density at radius 2 is 1.72 bits per heavy atom. The number of hydrogen-bond donors (Lipinski definition) is 4. The van der Waals surface area contributed by atoms with Gasteiger partial charge in [0.2, 0.25) is 0 Å². The summed E-state index contributed by atoms with van der Waals surface area (Å²) in [7, 11) is -4.72. The molecule has 0 spiro atoms. The van der Waals surface area contributed by atoms with Crippen LogP contribution in [0.3, 0.4) is 0 Å². The van der Waals surface area contributed by atoms with Crippen LogP contribution >= 0.6 is 7.82 Å². The molecule has 15 heteroatoms. The Morgan fingerprint density at radius 1 is 1.04 bits per heavy atom. The van der Waals surface area contributed by atoms with Crippen molar-refractivity contribution in [1.29, 1.82) is 5.26 Å². The molecule has 1 aliphatic heterocycles. The van der Waals surface area contributed by atoms with Crippen LogP contribution in [0.15, 0.2) is 36.7 Å². The van der Waals surface area contributed by atoms with E-state index < -0.39 is 50.3 Å². The Balaban J connectivity index is 1.26. The minimum Gasteiger partial charge on any atom is -0.387 e. The third-order valence-electron chi connectivity index (χ3n) is 9.73. The van der Waals surface area contributed by atoms with E-state index in [9.17, 15) is 24.1 Å². The summed E-state index contributed by atoms with van der Waals surface area (Å²) in [6.45, 7) is 2.76. The zero-order valence-electron chi connectivity index (χ0n) is 31.4. The van der Waals surface area contributed by atoms with Gasteiger partial charge in [0, 0.05) is 12.8 Å². The van der Waals surface area contributed by atoms with Crippen molar-refractivity contribution in [1.82, 2.24) is 14.6 Å². The Morgan fingerprint density at radius 3 is 2.39 bits per heavy atom. The highest BCUT2D eigenvalue weighted by molar-refractivity contribution is 7.47. The summed E-state index contributed by atoms with van der Waals surface area (Å²) in [5, 5.41) is 35.0. The molecular weight excluding hydrogens is 716 g/mol. The Bertz CT molecular complexity index is 1780. The molecule has 296 valence electrons. The van der Waals surface area contributed by atoms with Crippen LogP contribution in [0.25, 0.3) is 5.52 Å². The van der Waals surface area contributed by atoms with Crippen molar-refractivity contribution in [3.05, 3.63) is 59.3 Å². The summed E-state index contributed by atoms with van der Waals surface area (Å²) >= 11 is 0. The number of unbranched alkanes of at least 4 members (excludes halogenated alkanes) is 12. The van der Waals surface area contributed by atoms with Crippen LogP contribution in [0.1, 0.15) is 121 Å². The summed E-state index contributed by atoms with van der Waals surface area (Å²) < 4.78 is 51.0. The predicted octanol–water partition coefficient (Wildman–Crippen LogP) is 6.86. The highest BCUT2D eigenvalue weighted by Gasteiger charge is 2.54. The lowest BCUT2D eigenvalue weighted by Gasteiger charge is -2.27. The Hall–Kier alpha value is -3.43. The van der Waals surface area contributed by atoms with Gasteiger partial charge in [0.25, 0.3) is 0 Å². The fourth-order valence-corrected chi connectivity index (χ4v) is 7.25. The molecule has 3 heterocycles. The molecule has 0 aliphatic carbocycles.